The predicted octanol–water partition coefficient (Wildman–Crippen LogP) is 4.20. The van der Waals surface area contributed by atoms with Gasteiger partial charge in [-0.25, -0.2) is 0 Å². The van der Waals surface area contributed by atoms with Gasteiger partial charge in [-0.15, -0.1) is 11.8 Å². The lowest BCUT2D eigenvalue weighted by Gasteiger charge is -2.29. The first-order chi connectivity index (χ1) is 12.4. The van der Waals surface area contributed by atoms with Gasteiger partial charge in [0.1, 0.15) is 0 Å². The van der Waals surface area contributed by atoms with Crippen molar-refractivity contribution in [2.24, 2.45) is 11.8 Å². The van der Waals surface area contributed by atoms with E-state index in [1.54, 1.807) is 11.8 Å². The van der Waals surface area contributed by atoms with E-state index in [2.05, 4.69) is 13.8 Å². The summed E-state index contributed by atoms with van der Waals surface area (Å²) in [5.41, 5.74) is -0.225. The van der Waals surface area contributed by atoms with E-state index in [0.29, 0.717) is 24.1 Å². The Balaban J connectivity index is 0.00000146. The van der Waals surface area contributed by atoms with Crippen molar-refractivity contribution < 1.29 is 14.4 Å². The fourth-order valence-corrected chi connectivity index (χ4v) is 4.45. The molecule has 148 valence electrons. The number of nitrogens with zero attached hydrogens (tertiary/aromatic N) is 1. The SMILES string of the molecule is CC.CC.[B]C(=O)C1CCC(CN2C(=O)CC(SC(C)CC)C2=O)CC1. The van der Waals surface area contributed by atoms with Gasteiger partial charge in [0.2, 0.25) is 11.8 Å². The second kappa shape index (κ2) is 13.4. The highest BCUT2D eigenvalue weighted by molar-refractivity contribution is 8.01. The van der Waals surface area contributed by atoms with Crippen molar-refractivity contribution in [3.63, 3.8) is 0 Å². The number of hydrogen-bond acceptors (Lipinski definition) is 4. The minimum absolute atomic E-state index is 0.0210. The third-order valence-electron chi connectivity index (χ3n) is 4.86. The first kappa shape index (κ1) is 25.2. The molecule has 2 unspecified atom stereocenters. The highest BCUT2D eigenvalue weighted by atomic mass is 32.2. The van der Waals surface area contributed by atoms with Crippen LogP contribution in [0.2, 0.25) is 0 Å². The average molecular weight is 381 g/mol. The number of rotatable bonds is 6. The van der Waals surface area contributed by atoms with Gasteiger partial charge in [0.15, 0.2) is 7.85 Å². The van der Waals surface area contributed by atoms with Crippen molar-refractivity contribution in [1.29, 1.82) is 0 Å². The minimum Gasteiger partial charge on any atom is -0.312 e. The summed E-state index contributed by atoms with van der Waals surface area (Å²) in [4.78, 5) is 37.2. The first-order valence-corrected chi connectivity index (χ1v) is 11.2. The molecule has 0 aromatic heterocycles. The summed E-state index contributed by atoms with van der Waals surface area (Å²) >= 11 is 1.62. The van der Waals surface area contributed by atoms with E-state index in [1.165, 1.54) is 4.90 Å². The molecule has 26 heavy (non-hydrogen) atoms. The molecule has 2 amide bonds. The number of amides is 2. The maximum Gasteiger partial charge on any atom is 0.242 e. The predicted molar refractivity (Wildman–Crippen MR) is 111 cm³/mol. The van der Waals surface area contributed by atoms with Gasteiger partial charge in [0.05, 0.1) is 10.9 Å². The molecule has 1 saturated heterocycles. The standard InChI is InChI=1S/C16H24BNO3S.2C2H6/c1-3-10(2)22-13-8-14(19)18(16(13)21)9-11-4-6-12(7-5-11)15(17)20;2*1-2/h10-13H,3-9H2,1-2H3;2*1-2H3. The van der Waals surface area contributed by atoms with Gasteiger partial charge in [0, 0.05) is 24.1 Å². The van der Waals surface area contributed by atoms with Crippen LogP contribution in [0.1, 0.15) is 80.1 Å². The molecule has 6 heteroatoms. The van der Waals surface area contributed by atoms with Gasteiger partial charge in [-0.3, -0.25) is 14.5 Å². The van der Waals surface area contributed by atoms with E-state index in [0.717, 1.165) is 32.1 Å². The van der Waals surface area contributed by atoms with Crippen LogP contribution in [0, 0.1) is 11.8 Å². The first-order valence-electron chi connectivity index (χ1n) is 10.2. The van der Waals surface area contributed by atoms with Gasteiger partial charge in [-0.05, 0) is 38.0 Å². The van der Waals surface area contributed by atoms with Gasteiger partial charge < -0.3 is 4.79 Å². The van der Waals surface area contributed by atoms with Crippen LogP contribution in [0.5, 0.6) is 0 Å². The molecule has 2 rings (SSSR count). The highest BCUT2D eigenvalue weighted by Crippen LogP contribution is 2.33. The van der Waals surface area contributed by atoms with Crippen molar-refractivity contribution in [1.82, 2.24) is 4.90 Å². The minimum atomic E-state index is -0.225. The van der Waals surface area contributed by atoms with Crippen LogP contribution in [0.3, 0.4) is 0 Å². The quantitative estimate of drug-likeness (QED) is 0.511. The third kappa shape index (κ3) is 7.46. The number of carbonyl (C=O) groups is 3. The largest absolute Gasteiger partial charge is 0.312 e. The molecule has 1 heterocycles. The van der Waals surface area contributed by atoms with Crippen molar-refractivity contribution in [2.45, 2.75) is 90.6 Å². The van der Waals surface area contributed by atoms with Crippen molar-refractivity contribution >= 4 is 37.1 Å². The van der Waals surface area contributed by atoms with E-state index in [-0.39, 0.29) is 28.7 Å². The maximum absolute atomic E-state index is 12.4. The van der Waals surface area contributed by atoms with Crippen molar-refractivity contribution in [3.8, 4) is 0 Å². The smallest absolute Gasteiger partial charge is 0.242 e. The zero-order chi connectivity index (χ0) is 20.3. The van der Waals surface area contributed by atoms with Gasteiger partial charge in [-0.1, -0.05) is 41.5 Å². The molecular formula is C20H36BNO3S. The van der Waals surface area contributed by atoms with E-state index in [1.807, 2.05) is 27.7 Å². The van der Waals surface area contributed by atoms with Gasteiger partial charge >= 0.3 is 0 Å². The lowest BCUT2D eigenvalue weighted by molar-refractivity contribution is -0.139. The second-order valence-electron chi connectivity index (χ2n) is 6.51. The summed E-state index contributed by atoms with van der Waals surface area (Å²) < 4.78 is 0. The zero-order valence-corrected chi connectivity index (χ0v) is 18.2. The lowest BCUT2D eigenvalue weighted by Crippen LogP contribution is -2.37. The summed E-state index contributed by atoms with van der Waals surface area (Å²) in [6.45, 7) is 12.7. The maximum atomic E-state index is 12.4. The molecule has 1 saturated carbocycles. The molecular weight excluding hydrogens is 345 g/mol. The second-order valence-corrected chi connectivity index (χ2v) is 8.16. The van der Waals surface area contributed by atoms with Crippen molar-refractivity contribution in [2.75, 3.05) is 6.54 Å². The summed E-state index contributed by atoms with van der Waals surface area (Å²) in [6, 6.07) is 0. The Morgan fingerprint density at radius 2 is 1.69 bits per heavy atom. The number of hydrogen-bond donors (Lipinski definition) is 0. The van der Waals surface area contributed by atoms with Gasteiger partial charge in [0.25, 0.3) is 0 Å². The Morgan fingerprint density at radius 1 is 1.15 bits per heavy atom. The number of imide groups is 1. The van der Waals surface area contributed by atoms with E-state index in [9.17, 15) is 14.4 Å². The molecule has 0 spiro atoms. The fraction of sp³-hybridized carbons (Fsp3) is 0.850. The molecule has 0 aromatic rings. The molecule has 4 nitrogen and oxygen atoms in total. The van der Waals surface area contributed by atoms with Crippen LogP contribution in [-0.2, 0) is 14.4 Å². The third-order valence-corrected chi connectivity index (χ3v) is 6.36. The Hall–Kier alpha value is -0.775. The zero-order valence-electron chi connectivity index (χ0n) is 17.4. The van der Waals surface area contributed by atoms with Crippen LogP contribution < -0.4 is 0 Å². The molecule has 2 fully saturated rings. The fourth-order valence-electron chi connectivity index (χ4n) is 3.22. The van der Waals surface area contributed by atoms with Crippen LogP contribution in [-0.4, -0.2) is 47.3 Å². The molecule has 0 bridgehead atoms. The van der Waals surface area contributed by atoms with E-state index < -0.39 is 0 Å². The Kier molecular flexibility index (Phi) is 13.0. The molecule has 0 aromatic carbocycles. The molecule has 2 aliphatic rings. The Bertz CT molecular complexity index is 450. The van der Waals surface area contributed by atoms with Crippen LogP contribution in [0.4, 0.5) is 0 Å². The van der Waals surface area contributed by atoms with E-state index >= 15 is 0 Å². The average Bonchev–Trinajstić information content (AvgIpc) is 2.92. The monoisotopic (exact) mass is 381 g/mol. The Labute approximate surface area is 165 Å². The number of thioether (sulfide) groups is 1. The van der Waals surface area contributed by atoms with Crippen LogP contribution in [0.15, 0.2) is 0 Å². The van der Waals surface area contributed by atoms with E-state index in [4.69, 9.17) is 7.85 Å². The molecule has 0 N–H and O–H groups in total. The molecule has 2 atom stereocenters. The van der Waals surface area contributed by atoms with Crippen molar-refractivity contribution in [3.05, 3.63) is 0 Å². The van der Waals surface area contributed by atoms with Gasteiger partial charge in [-0.2, -0.15) is 0 Å². The summed E-state index contributed by atoms with van der Waals surface area (Å²) in [5, 5.41) is 0.192. The lowest BCUT2D eigenvalue weighted by atomic mass is 9.75. The molecule has 1 aliphatic carbocycles. The Morgan fingerprint density at radius 3 is 2.15 bits per heavy atom. The number of likely N-dealkylation sites (tertiary alicyclic amines) is 1. The number of carbonyl (C=O) groups excluding carboxylic acids is 3. The summed E-state index contributed by atoms with van der Waals surface area (Å²) in [6.07, 6.45) is 4.63. The summed E-state index contributed by atoms with van der Waals surface area (Å²) in [5.74, 6) is 0.223. The topological polar surface area (TPSA) is 54.5 Å². The summed E-state index contributed by atoms with van der Waals surface area (Å²) in [7, 11) is 5.34. The normalized spacial score (nSPS) is 26.4. The molecule has 2 radical (unpaired) electrons. The molecule has 1 aliphatic heterocycles. The van der Waals surface area contributed by atoms with Crippen LogP contribution >= 0.6 is 11.8 Å². The highest BCUT2D eigenvalue weighted by Gasteiger charge is 2.40. The van der Waals surface area contributed by atoms with Crippen LogP contribution in [0.25, 0.3) is 0 Å².